The number of carbonyl (C=O) groups excluding carboxylic acids is 2. The summed E-state index contributed by atoms with van der Waals surface area (Å²) in [6.07, 6.45) is 1.54. The Hall–Kier alpha value is -3.67. The van der Waals surface area contributed by atoms with Crippen LogP contribution in [0.25, 0.3) is 0 Å². The SMILES string of the molecule is CC(NC(=O)c1ccccc1NC(=O)Cn1ccccc1=O)c1ccccc1. The number of nitrogens with one attached hydrogen (secondary N) is 2. The highest BCUT2D eigenvalue weighted by molar-refractivity contribution is 6.03. The average molecular weight is 375 g/mol. The number of anilines is 1. The van der Waals surface area contributed by atoms with E-state index < -0.39 is 0 Å². The Balaban J connectivity index is 1.72. The first kappa shape index (κ1) is 19.1. The number of carbonyl (C=O) groups is 2. The van der Waals surface area contributed by atoms with Crippen LogP contribution in [0.3, 0.4) is 0 Å². The minimum absolute atomic E-state index is 0.129. The van der Waals surface area contributed by atoms with Gasteiger partial charge in [-0.2, -0.15) is 0 Å². The molecule has 1 heterocycles. The Morgan fingerprint density at radius 2 is 1.61 bits per heavy atom. The van der Waals surface area contributed by atoms with Crippen LogP contribution in [-0.2, 0) is 11.3 Å². The third-order valence-electron chi connectivity index (χ3n) is 4.31. The molecular weight excluding hydrogens is 354 g/mol. The number of benzene rings is 2. The topological polar surface area (TPSA) is 80.2 Å². The van der Waals surface area contributed by atoms with E-state index in [-0.39, 0.29) is 30.0 Å². The Bertz CT molecular complexity index is 1030. The molecule has 0 aliphatic heterocycles. The molecule has 0 fully saturated rings. The van der Waals surface area contributed by atoms with E-state index in [0.717, 1.165) is 5.56 Å². The lowest BCUT2D eigenvalue weighted by Gasteiger charge is -2.16. The molecule has 0 bridgehead atoms. The first-order valence-corrected chi connectivity index (χ1v) is 8.95. The van der Waals surface area contributed by atoms with Gasteiger partial charge in [-0.3, -0.25) is 14.4 Å². The Kier molecular flexibility index (Phi) is 6.01. The van der Waals surface area contributed by atoms with E-state index in [1.165, 1.54) is 10.6 Å². The van der Waals surface area contributed by atoms with Crippen LogP contribution in [0.2, 0.25) is 0 Å². The van der Waals surface area contributed by atoms with Crippen LogP contribution in [0.4, 0.5) is 5.69 Å². The summed E-state index contributed by atoms with van der Waals surface area (Å²) in [6.45, 7) is 1.77. The summed E-state index contributed by atoms with van der Waals surface area (Å²) < 4.78 is 1.30. The van der Waals surface area contributed by atoms with Gasteiger partial charge in [0.15, 0.2) is 0 Å². The zero-order valence-corrected chi connectivity index (χ0v) is 15.5. The van der Waals surface area contributed by atoms with Gasteiger partial charge in [0, 0.05) is 12.3 Å². The number of para-hydroxylation sites is 1. The van der Waals surface area contributed by atoms with Crippen LogP contribution in [0.15, 0.2) is 83.8 Å². The van der Waals surface area contributed by atoms with Crippen LogP contribution in [-0.4, -0.2) is 16.4 Å². The Morgan fingerprint density at radius 1 is 0.929 bits per heavy atom. The van der Waals surface area contributed by atoms with Crippen LogP contribution in [0.5, 0.6) is 0 Å². The first-order chi connectivity index (χ1) is 13.5. The highest BCUT2D eigenvalue weighted by atomic mass is 16.2. The lowest BCUT2D eigenvalue weighted by Crippen LogP contribution is -2.29. The van der Waals surface area contributed by atoms with Crippen molar-refractivity contribution in [1.82, 2.24) is 9.88 Å². The van der Waals surface area contributed by atoms with Gasteiger partial charge in [0.25, 0.3) is 11.5 Å². The molecule has 1 aromatic heterocycles. The molecule has 142 valence electrons. The van der Waals surface area contributed by atoms with Crippen molar-refractivity contribution in [2.45, 2.75) is 19.5 Å². The molecule has 2 amide bonds. The van der Waals surface area contributed by atoms with E-state index in [4.69, 9.17) is 0 Å². The van der Waals surface area contributed by atoms with E-state index in [9.17, 15) is 14.4 Å². The van der Waals surface area contributed by atoms with E-state index in [1.807, 2.05) is 37.3 Å². The van der Waals surface area contributed by atoms with Gasteiger partial charge in [0.1, 0.15) is 6.54 Å². The molecule has 0 saturated heterocycles. The van der Waals surface area contributed by atoms with E-state index in [2.05, 4.69) is 10.6 Å². The van der Waals surface area contributed by atoms with Crippen molar-refractivity contribution in [1.29, 1.82) is 0 Å². The number of rotatable bonds is 6. The standard InChI is InChI=1S/C22H21N3O3/c1-16(17-9-3-2-4-10-17)23-22(28)18-11-5-6-12-19(18)24-20(26)15-25-14-8-7-13-21(25)27/h2-14,16H,15H2,1H3,(H,23,28)(H,24,26). The van der Waals surface area contributed by atoms with Gasteiger partial charge in [0.05, 0.1) is 17.3 Å². The molecule has 0 radical (unpaired) electrons. The highest BCUT2D eigenvalue weighted by Gasteiger charge is 2.16. The van der Waals surface area contributed by atoms with Crippen molar-refractivity contribution in [3.05, 3.63) is 100 Å². The molecule has 3 rings (SSSR count). The van der Waals surface area contributed by atoms with Crippen molar-refractivity contribution in [3.63, 3.8) is 0 Å². The summed E-state index contributed by atoms with van der Waals surface area (Å²) in [5.74, 6) is -0.672. The van der Waals surface area contributed by atoms with Gasteiger partial charge in [-0.1, -0.05) is 48.5 Å². The molecule has 1 unspecified atom stereocenters. The van der Waals surface area contributed by atoms with Gasteiger partial charge >= 0.3 is 0 Å². The Labute approximate surface area is 162 Å². The first-order valence-electron chi connectivity index (χ1n) is 8.95. The third kappa shape index (κ3) is 4.73. The van der Waals surface area contributed by atoms with Crippen LogP contribution >= 0.6 is 0 Å². The maximum absolute atomic E-state index is 12.7. The Morgan fingerprint density at radius 3 is 2.36 bits per heavy atom. The van der Waals surface area contributed by atoms with Crippen LogP contribution < -0.4 is 16.2 Å². The number of pyridine rings is 1. The zero-order valence-electron chi connectivity index (χ0n) is 15.5. The highest BCUT2D eigenvalue weighted by Crippen LogP contribution is 2.18. The summed E-state index contributed by atoms with van der Waals surface area (Å²) in [5.41, 5.74) is 1.48. The van der Waals surface area contributed by atoms with Crippen molar-refractivity contribution in [2.75, 3.05) is 5.32 Å². The second-order valence-electron chi connectivity index (χ2n) is 6.37. The average Bonchev–Trinajstić information content (AvgIpc) is 2.70. The predicted octanol–water partition coefficient (Wildman–Crippen LogP) is 2.98. The monoisotopic (exact) mass is 375 g/mol. The van der Waals surface area contributed by atoms with Gasteiger partial charge in [-0.05, 0) is 30.7 Å². The summed E-state index contributed by atoms with van der Waals surface area (Å²) in [6, 6.07) is 20.9. The molecule has 6 nitrogen and oxygen atoms in total. The molecule has 2 aromatic carbocycles. The second-order valence-corrected chi connectivity index (χ2v) is 6.37. The maximum Gasteiger partial charge on any atom is 0.253 e. The number of amides is 2. The molecule has 0 spiro atoms. The number of hydrogen-bond donors (Lipinski definition) is 2. The van der Waals surface area contributed by atoms with Crippen molar-refractivity contribution >= 4 is 17.5 Å². The molecule has 28 heavy (non-hydrogen) atoms. The van der Waals surface area contributed by atoms with Crippen LogP contribution in [0, 0.1) is 0 Å². The quantitative estimate of drug-likeness (QED) is 0.695. The maximum atomic E-state index is 12.7. The summed E-state index contributed by atoms with van der Waals surface area (Å²) in [5, 5.41) is 5.66. The zero-order chi connectivity index (χ0) is 19.9. The molecule has 0 saturated carbocycles. The largest absolute Gasteiger partial charge is 0.345 e. The lowest BCUT2D eigenvalue weighted by atomic mass is 10.1. The van der Waals surface area contributed by atoms with Gasteiger partial charge in [-0.25, -0.2) is 0 Å². The lowest BCUT2D eigenvalue weighted by molar-refractivity contribution is -0.116. The molecule has 0 aliphatic carbocycles. The number of nitrogens with zero attached hydrogens (tertiary/aromatic N) is 1. The normalized spacial score (nSPS) is 11.5. The predicted molar refractivity (Wildman–Crippen MR) is 108 cm³/mol. The van der Waals surface area contributed by atoms with Crippen molar-refractivity contribution < 1.29 is 9.59 Å². The fraction of sp³-hybridized carbons (Fsp3) is 0.136. The third-order valence-corrected chi connectivity index (χ3v) is 4.31. The van der Waals surface area contributed by atoms with Gasteiger partial charge in [-0.15, -0.1) is 0 Å². The molecular formula is C22H21N3O3. The van der Waals surface area contributed by atoms with Crippen molar-refractivity contribution in [2.24, 2.45) is 0 Å². The van der Waals surface area contributed by atoms with Gasteiger partial charge < -0.3 is 15.2 Å². The molecule has 3 aromatic rings. The number of aromatic nitrogens is 1. The minimum atomic E-state index is -0.385. The fourth-order valence-corrected chi connectivity index (χ4v) is 2.83. The summed E-state index contributed by atoms with van der Waals surface area (Å²) >= 11 is 0. The van der Waals surface area contributed by atoms with Crippen molar-refractivity contribution in [3.8, 4) is 0 Å². The second kappa shape index (κ2) is 8.81. The smallest absolute Gasteiger partial charge is 0.253 e. The molecule has 1 atom stereocenters. The molecule has 0 aliphatic rings. The minimum Gasteiger partial charge on any atom is -0.345 e. The fourth-order valence-electron chi connectivity index (χ4n) is 2.83. The van der Waals surface area contributed by atoms with E-state index in [1.54, 1.807) is 42.6 Å². The summed E-state index contributed by atoms with van der Waals surface area (Å²) in [4.78, 5) is 36.8. The number of hydrogen-bond acceptors (Lipinski definition) is 3. The van der Waals surface area contributed by atoms with Gasteiger partial charge in [0.2, 0.25) is 5.91 Å². The van der Waals surface area contributed by atoms with E-state index in [0.29, 0.717) is 11.3 Å². The summed E-state index contributed by atoms with van der Waals surface area (Å²) in [7, 11) is 0. The van der Waals surface area contributed by atoms with Crippen LogP contribution in [0.1, 0.15) is 28.9 Å². The molecule has 2 N–H and O–H groups in total. The molecule has 6 heteroatoms. The van der Waals surface area contributed by atoms with E-state index >= 15 is 0 Å².